The Morgan fingerprint density at radius 1 is 1.36 bits per heavy atom. The molecule has 7 nitrogen and oxygen atoms in total. The van der Waals surface area contributed by atoms with Crippen LogP contribution < -0.4 is 14.8 Å². The number of rotatable bonds is 5. The van der Waals surface area contributed by atoms with Crippen molar-refractivity contribution in [3.05, 3.63) is 23.8 Å². The predicted octanol–water partition coefficient (Wildman–Crippen LogP) is 1.24. The van der Waals surface area contributed by atoms with Crippen LogP contribution in [0.3, 0.4) is 0 Å². The molecular formula is C14H17F3N2O5S. The van der Waals surface area contributed by atoms with Crippen LogP contribution in [0.4, 0.5) is 13.2 Å². The Morgan fingerprint density at radius 3 is 2.52 bits per heavy atom. The topological polar surface area (TPSA) is 84.9 Å². The molecule has 1 fully saturated rings. The molecule has 1 saturated heterocycles. The summed E-state index contributed by atoms with van der Waals surface area (Å²) in [7, 11) is -1.13. The van der Waals surface area contributed by atoms with Crippen molar-refractivity contribution in [2.24, 2.45) is 0 Å². The van der Waals surface area contributed by atoms with Gasteiger partial charge in [-0.1, -0.05) is 6.07 Å². The monoisotopic (exact) mass is 382 g/mol. The Labute approximate surface area is 142 Å². The standard InChI is InChI=1S/C14H17F3N2O5S/c1-19-7-6-12(25(19,21)22)13(20)18-8-9-10(23-2)4-3-5-11(9)24-14(15,16)17/h3-5,12H,6-8H2,1-2H3,(H,18,20). The Bertz CT molecular complexity index is 751. The van der Waals surface area contributed by atoms with Crippen molar-refractivity contribution in [2.75, 3.05) is 20.7 Å². The second-order valence-corrected chi connectivity index (χ2v) is 7.57. The van der Waals surface area contributed by atoms with Crippen molar-refractivity contribution < 1.29 is 35.9 Å². The van der Waals surface area contributed by atoms with Gasteiger partial charge in [0.2, 0.25) is 15.9 Å². The number of carbonyl (C=O) groups excluding carboxylic acids is 1. The van der Waals surface area contributed by atoms with Crippen LogP contribution in [0.1, 0.15) is 12.0 Å². The summed E-state index contributed by atoms with van der Waals surface area (Å²) in [4.78, 5) is 12.2. The molecule has 0 aliphatic carbocycles. The summed E-state index contributed by atoms with van der Waals surface area (Å²) < 4.78 is 71.5. The van der Waals surface area contributed by atoms with Crippen LogP contribution in [-0.4, -0.2) is 50.9 Å². The molecule has 1 aromatic rings. The van der Waals surface area contributed by atoms with Crippen LogP contribution in [0.5, 0.6) is 11.5 Å². The second kappa shape index (κ2) is 7.08. The van der Waals surface area contributed by atoms with E-state index < -0.39 is 33.3 Å². The molecule has 1 heterocycles. The van der Waals surface area contributed by atoms with Crippen molar-refractivity contribution in [2.45, 2.75) is 24.6 Å². The highest BCUT2D eigenvalue weighted by atomic mass is 32.2. The van der Waals surface area contributed by atoms with E-state index in [2.05, 4.69) is 10.1 Å². The summed E-state index contributed by atoms with van der Waals surface area (Å²) in [6, 6.07) is 3.80. The SMILES string of the molecule is COc1cccc(OC(F)(F)F)c1CNC(=O)C1CCN(C)S1(=O)=O. The van der Waals surface area contributed by atoms with Crippen LogP contribution in [0.2, 0.25) is 0 Å². The maximum absolute atomic E-state index is 12.5. The van der Waals surface area contributed by atoms with Gasteiger partial charge in [-0.15, -0.1) is 13.2 Å². The average molecular weight is 382 g/mol. The molecule has 0 aromatic heterocycles. The molecule has 11 heteroatoms. The second-order valence-electron chi connectivity index (χ2n) is 5.35. The van der Waals surface area contributed by atoms with E-state index in [1.165, 1.54) is 26.3 Å². The Kier molecular flexibility index (Phi) is 5.47. The van der Waals surface area contributed by atoms with Gasteiger partial charge in [0.15, 0.2) is 5.25 Å². The first-order valence-corrected chi connectivity index (χ1v) is 8.71. The van der Waals surface area contributed by atoms with Gasteiger partial charge in [0.1, 0.15) is 11.5 Å². The van der Waals surface area contributed by atoms with Crippen LogP contribution in [0, 0.1) is 0 Å². The van der Waals surface area contributed by atoms with Crippen LogP contribution in [-0.2, 0) is 21.4 Å². The fourth-order valence-corrected chi connectivity index (χ4v) is 4.03. The molecule has 0 spiro atoms. The number of halogens is 3. The molecule has 1 aliphatic rings. The summed E-state index contributed by atoms with van der Waals surface area (Å²) in [5.41, 5.74) is -0.0422. The maximum Gasteiger partial charge on any atom is 0.573 e. The van der Waals surface area contributed by atoms with E-state index in [-0.39, 0.29) is 30.8 Å². The van der Waals surface area contributed by atoms with Gasteiger partial charge < -0.3 is 14.8 Å². The fourth-order valence-electron chi connectivity index (χ4n) is 2.48. The summed E-state index contributed by atoms with van der Waals surface area (Å²) in [6.45, 7) is -0.165. The quantitative estimate of drug-likeness (QED) is 0.828. The zero-order chi connectivity index (χ0) is 18.8. The van der Waals surface area contributed by atoms with Gasteiger partial charge in [0, 0.05) is 13.6 Å². The number of benzene rings is 1. The van der Waals surface area contributed by atoms with Crippen LogP contribution in [0.25, 0.3) is 0 Å². The summed E-state index contributed by atoms with van der Waals surface area (Å²) in [6.07, 6.45) is -4.80. The lowest BCUT2D eigenvalue weighted by atomic mass is 10.1. The number of nitrogens with zero attached hydrogens (tertiary/aromatic N) is 1. The minimum atomic E-state index is -4.91. The lowest BCUT2D eigenvalue weighted by Gasteiger charge is -2.17. The van der Waals surface area contributed by atoms with Crippen LogP contribution in [0.15, 0.2) is 18.2 Å². The Hall–Kier alpha value is -2.01. The molecule has 0 radical (unpaired) electrons. The number of hydrogen-bond acceptors (Lipinski definition) is 5. The van der Waals surface area contributed by atoms with E-state index in [9.17, 15) is 26.4 Å². The zero-order valence-corrected chi connectivity index (χ0v) is 14.3. The van der Waals surface area contributed by atoms with Gasteiger partial charge >= 0.3 is 6.36 Å². The molecule has 25 heavy (non-hydrogen) atoms. The number of amides is 1. The largest absolute Gasteiger partial charge is 0.573 e. The van der Waals surface area contributed by atoms with Crippen LogP contribution >= 0.6 is 0 Å². The van der Waals surface area contributed by atoms with Crippen molar-refractivity contribution in [3.63, 3.8) is 0 Å². The Morgan fingerprint density at radius 2 is 2.00 bits per heavy atom. The van der Waals surface area contributed by atoms with E-state index in [4.69, 9.17) is 4.74 Å². The molecule has 1 atom stereocenters. The first kappa shape index (κ1) is 19.3. The molecule has 1 aromatic carbocycles. The lowest BCUT2D eigenvalue weighted by molar-refractivity contribution is -0.274. The molecule has 2 rings (SSSR count). The smallest absolute Gasteiger partial charge is 0.496 e. The third-order valence-electron chi connectivity index (χ3n) is 3.77. The predicted molar refractivity (Wildman–Crippen MR) is 81.5 cm³/mol. The number of nitrogens with one attached hydrogen (secondary N) is 1. The minimum absolute atomic E-state index is 0.0422. The summed E-state index contributed by atoms with van der Waals surface area (Å²) >= 11 is 0. The average Bonchev–Trinajstić information content (AvgIpc) is 2.77. The number of methoxy groups -OCH3 is 1. The van der Waals surface area contributed by atoms with Gasteiger partial charge in [-0.2, -0.15) is 0 Å². The highest BCUT2D eigenvalue weighted by molar-refractivity contribution is 7.90. The maximum atomic E-state index is 12.5. The van der Waals surface area contributed by atoms with Gasteiger partial charge in [0.05, 0.1) is 19.2 Å². The normalized spacial score (nSPS) is 20.3. The number of alkyl halides is 3. The van der Waals surface area contributed by atoms with E-state index >= 15 is 0 Å². The van der Waals surface area contributed by atoms with E-state index in [1.54, 1.807) is 0 Å². The fraction of sp³-hybridized carbons (Fsp3) is 0.500. The third kappa shape index (κ3) is 4.34. The Balaban J connectivity index is 2.18. The van der Waals surface area contributed by atoms with E-state index in [1.807, 2.05) is 0 Å². The van der Waals surface area contributed by atoms with Gasteiger partial charge in [-0.05, 0) is 18.6 Å². The molecular weight excluding hydrogens is 365 g/mol. The summed E-state index contributed by atoms with van der Waals surface area (Å²) in [5, 5.41) is 1.08. The molecule has 140 valence electrons. The minimum Gasteiger partial charge on any atom is -0.496 e. The molecule has 0 bridgehead atoms. The van der Waals surface area contributed by atoms with Crippen molar-refractivity contribution >= 4 is 15.9 Å². The van der Waals surface area contributed by atoms with Crippen molar-refractivity contribution in [3.8, 4) is 11.5 Å². The highest BCUT2D eigenvalue weighted by Crippen LogP contribution is 2.32. The van der Waals surface area contributed by atoms with Gasteiger partial charge in [-0.25, -0.2) is 12.7 Å². The summed E-state index contributed by atoms with van der Waals surface area (Å²) in [5.74, 6) is -1.24. The van der Waals surface area contributed by atoms with Gasteiger partial charge in [0.25, 0.3) is 0 Å². The van der Waals surface area contributed by atoms with Crippen molar-refractivity contribution in [1.29, 1.82) is 0 Å². The molecule has 1 aliphatic heterocycles. The first-order chi connectivity index (χ1) is 11.6. The number of carbonyl (C=O) groups is 1. The van der Waals surface area contributed by atoms with Gasteiger partial charge in [-0.3, -0.25) is 4.79 Å². The number of sulfonamides is 1. The zero-order valence-electron chi connectivity index (χ0n) is 13.5. The third-order valence-corrected chi connectivity index (χ3v) is 5.99. The lowest BCUT2D eigenvalue weighted by Crippen LogP contribution is -2.39. The molecule has 1 amide bonds. The molecule has 0 saturated carbocycles. The number of hydrogen-bond donors (Lipinski definition) is 1. The van der Waals surface area contributed by atoms with E-state index in [0.29, 0.717) is 0 Å². The van der Waals surface area contributed by atoms with E-state index in [0.717, 1.165) is 10.4 Å². The molecule has 1 N–H and O–H groups in total. The highest BCUT2D eigenvalue weighted by Gasteiger charge is 2.41. The van der Waals surface area contributed by atoms with Crippen molar-refractivity contribution in [1.82, 2.24) is 9.62 Å². The molecule has 1 unspecified atom stereocenters. The first-order valence-electron chi connectivity index (χ1n) is 7.20. The number of ether oxygens (including phenoxy) is 2.